The summed E-state index contributed by atoms with van der Waals surface area (Å²) in [6.07, 6.45) is 8.42. The second kappa shape index (κ2) is 24.0. The summed E-state index contributed by atoms with van der Waals surface area (Å²) in [5, 5.41) is 16.3. The van der Waals surface area contributed by atoms with Crippen molar-refractivity contribution in [2.45, 2.75) is 207 Å². The van der Waals surface area contributed by atoms with E-state index in [1.54, 1.807) is 0 Å². The summed E-state index contributed by atoms with van der Waals surface area (Å²) in [7, 11) is 0. The Hall–Kier alpha value is -4.91. The molecule has 0 radical (unpaired) electrons. The Morgan fingerprint density at radius 1 is 0.868 bits per heavy atom. The van der Waals surface area contributed by atoms with Crippen LogP contribution in [0.1, 0.15) is 184 Å². The standard InChI is InChI=1S/C64H97N3O9/c1-21-66(22-2)45(29-28-34-64(49-32-26-24-30-47(49)57(71)76-64)56-43(5)67(23-3)50-33-27-25-31-48(50)56)35-42(4)72-41-54(70)65-40-55-74-46(36-52(75-55)59(10,11)12)37-60(13,14)62(17,18)51(69)38-61(15,16)63(19,20)53(73-44(6)68)39-58(7,8)9/h24-35,46,51-53,55,69H,21-23,36-41H2,1-20H3,(H,65,70)/b34-28+,42-35+,45-29+. The number of hydrogen-bond donors (Lipinski definition) is 2. The lowest BCUT2D eigenvalue weighted by molar-refractivity contribution is -0.266. The summed E-state index contributed by atoms with van der Waals surface area (Å²) in [4.78, 5) is 41.7. The van der Waals surface area contributed by atoms with Crippen LogP contribution in [0.3, 0.4) is 0 Å². The van der Waals surface area contributed by atoms with Gasteiger partial charge in [0.15, 0.2) is 18.5 Å². The van der Waals surface area contributed by atoms with Crippen molar-refractivity contribution in [3.8, 4) is 0 Å². The molecule has 1 aromatic heterocycles. The van der Waals surface area contributed by atoms with E-state index in [1.807, 2.05) is 67.6 Å². The van der Waals surface area contributed by atoms with Crippen LogP contribution in [0.5, 0.6) is 0 Å². The number of rotatable bonds is 23. The Morgan fingerprint density at radius 2 is 1.50 bits per heavy atom. The molecular formula is C64H97N3O9. The number of allylic oxidation sites excluding steroid dienone is 4. The predicted octanol–water partition coefficient (Wildman–Crippen LogP) is 13.4. The minimum atomic E-state index is -1.16. The van der Waals surface area contributed by atoms with Crippen LogP contribution >= 0.6 is 0 Å². The van der Waals surface area contributed by atoms with E-state index in [4.69, 9.17) is 23.7 Å². The molecular weight excluding hydrogens is 955 g/mol. The van der Waals surface area contributed by atoms with Crippen molar-refractivity contribution >= 4 is 28.7 Å². The van der Waals surface area contributed by atoms with Crippen molar-refractivity contribution in [2.24, 2.45) is 32.5 Å². The van der Waals surface area contributed by atoms with E-state index >= 15 is 0 Å². The predicted molar refractivity (Wildman–Crippen MR) is 305 cm³/mol. The largest absolute Gasteiger partial charge is 0.488 e. The average Bonchev–Trinajstić information content (AvgIpc) is 3.77. The first kappa shape index (κ1) is 61.9. The summed E-state index contributed by atoms with van der Waals surface area (Å²) in [5.41, 5.74) is 2.09. The Morgan fingerprint density at radius 3 is 2.11 bits per heavy atom. The Bertz CT molecular complexity index is 2600. The zero-order valence-electron chi connectivity index (χ0n) is 50.3. The second-order valence-corrected chi connectivity index (χ2v) is 26.3. The third-order valence-electron chi connectivity index (χ3n) is 17.5. The molecule has 12 heteroatoms. The maximum absolute atomic E-state index is 13.6. The number of carbonyl (C=O) groups excluding carboxylic acids is 3. The first-order valence-corrected chi connectivity index (χ1v) is 28.0. The number of nitrogens with zero attached hydrogens (tertiary/aromatic N) is 2. The molecule has 0 bridgehead atoms. The van der Waals surface area contributed by atoms with Gasteiger partial charge in [0.1, 0.15) is 6.10 Å². The number of fused-ring (bicyclic) bond motifs is 2. The van der Waals surface area contributed by atoms with Gasteiger partial charge in [-0.15, -0.1) is 0 Å². The van der Waals surface area contributed by atoms with Crippen LogP contribution in [0, 0.1) is 39.4 Å². The third-order valence-corrected chi connectivity index (χ3v) is 17.5. The molecule has 3 heterocycles. The van der Waals surface area contributed by atoms with E-state index in [0.29, 0.717) is 37.0 Å². The van der Waals surface area contributed by atoms with Gasteiger partial charge in [0.05, 0.1) is 36.2 Å². The number of aromatic nitrogens is 1. The highest BCUT2D eigenvalue weighted by atomic mass is 16.7. The lowest BCUT2D eigenvalue weighted by Gasteiger charge is -2.53. The quantitative estimate of drug-likeness (QED) is 0.0536. The molecule has 3 aromatic rings. The highest BCUT2D eigenvalue weighted by Gasteiger charge is 2.52. The molecule has 0 aliphatic carbocycles. The van der Waals surface area contributed by atoms with Gasteiger partial charge in [0.2, 0.25) is 0 Å². The fourth-order valence-electron chi connectivity index (χ4n) is 11.2. The highest BCUT2D eigenvalue weighted by Crippen LogP contribution is 2.54. The molecule has 0 saturated carbocycles. The van der Waals surface area contributed by atoms with E-state index in [2.05, 4.69) is 152 Å². The van der Waals surface area contributed by atoms with Gasteiger partial charge in [0.25, 0.3) is 5.91 Å². The molecule has 6 unspecified atom stereocenters. The highest BCUT2D eigenvalue weighted by molar-refractivity contribution is 5.98. The van der Waals surface area contributed by atoms with Gasteiger partial charge in [-0.2, -0.15) is 0 Å². The monoisotopic (exact) mass is 1050 g/mol. The Labute approximate surface area is 457 Å². The van der Waals surface area contributed by atoms with E-state index < -0.39 is 34.2 Å². The lowest BCUT2D eigenvalue weighted by atomic mass is 9.55. The van der Waals surface area contributed by atoms with Gasteiger partial charge in [0, 0.05) is 71.8 Å². The Kier molecular flexibility index (Phi) is 19.6. The average molecular weight is 1050 g/mol. The molecule has 2 N–H and O–H groups in total. The van der Waals surface area contributed by atoms with Crippen molar-refractivity contribution in [3.05, 3.63) is 107 Å². The summed E-state index contributed by atoms with van der Waals surface area (Å²) in [5.74, 6) is -0.402. The summed E-state index contributed by atoms with van der Waals surface area (Å²) >= 11 is 0. The SMILES string of the molecule is CCN(CC)C(/C=C(\C)OCC(=O)NCC1OC(CC(C)(C)C(C)(C)C(O)CC(C)(C)C(C)(C)C(CC(C)(C)C)OC(C)=O)CC(C(C)(C)C)O1)=C/C=C/C1(c2c(C)n(CC)c3ccccc23)OC(=O)c2ccccc21. The van der Waals surface area contributed by atoms with Crippen LogP contribution < -0.4 is 5.32 Å². The zero-order chi connectivity index (χ0) is 57.0. The normalized spacial score (nSPS) is 21.1. The van der Waals surface area contributed by atoms with Gasteiger partial charge in [-0.25, -0.2) is 4.79 Å². The summed E-state index contributed by atoms with van der Waals surface area (Å²) in [6.45, 7) is 44.2. The van der Waals surface area contributed by atoms with Crippen molar-refractivity contribution < 1.29 is 43.2 Å². The van der Waals surface area contributed by atoms with Gasteiger partial charge in [-0.1, -0.05) is 139 Å². The number of cyclic esters (lactones) is 1. The number of carbonyl (C=O) groups is 3. The molecule has 1 saturated heterocycles. The third kappa shape index (κ3) is 13.8. The number of para-hydroxylation sites is 1. The number of nitrogens with one attached hydrogen (secondary N) is 1. The molecule has 5 rings (SSSR count). The van der Waals surface area contributed by atoms with E-state index in [1.165, 1.54) is 6.92 Å². The minimum absolute atomic E-state index is 0.0597. The van der Waals surface area contributed by atoms with Crippen LogP contribution in [0.2, 0.25) is 0 Å². The van der Waals surface area contributed by atoms with Crippen molar-refractivity contribution in [1.82, 2.24) is 14.8 Å². The van der Waals surface area contributed by atoms with Crippen LogP contribution in [0.4, 0.5) is 0 Å². The Balaban J connectivity index is 1.29. The zero-order valence-corrected chi connectivity index (χ0v) is 50.3. The number of amides is 1. The number of ether oxygens (including phenoxy) is 5. The van der Waals surface area contributed by atoms with Crippen LogP contribution in [-0.2, 0) is 45.4 Å². The maximum atomic E-state index is 13.6. The molecule has 76 heavy (non-hydrogen) atoms. The molecule has 2 aromatic carbocycles. The fourth-order valence-corrected chi connectivity index (χ4v) is 11.2. The van der Waals surface area contributed by atoms with E-state index in [0.717, 1.165) is 53.1 Å². The minimum Gasteiger partial charge on any atom is -0.488 e. The second-order valence-electron chi connectivity index (χ2n) is 26.3. The number of hydrogen-bond acceptors (Lipinski definition) is 10. The molecule has 0 spiro atoms. The van der Waals surface area contributed by atoms with Gasteiger partial charge >= 0.3 is 11.9 Å². The molecule has 6 atom stereocenters. The number of benzene rings is 2. The number of esters is 2. The van der Waals surface area contributed by atoms with Gasteiger partial charge < -0.3 is 43.6 Å². The summed E-state index contributed by atoms with van der Waals surface area (Å²) < 4.78 is 34.1. The van der Waals surface area contributed by atoms with E-state index in [-0.39, 0.29) is 65.6 Å². The number of likely N-dealkylation sites (N-methyl/N-ethyl adjacent to an activating group) is 1. The van der Waals surface area contributed by atoms with Crippen molar-refractivity contribution in [2.75, 3.05) is 26.2 Å². The van der Waals surface area contributed by atoms with Crippen molar-refractivity contribution in [3.63, 3.8) is 0 Å². The van der Waals surface area contributed by atoms with Crippen molar-refractivity contribution in [1.29, 1.82) is 0 Å². The van der Waals surface area contributed by atoms with Crippen LogP contribution in [0.15, 0.2) is 84.3 Å². The maximum Gasteiger partial charge on any atom is 0.340 e. The number of aliphatic hydroxyl groups excluding tert-OH is 1. The molecule has 1 fully saturated rings. The van der Waals surface area contributed by atoms with Crippen LogP contribution in [-0.4, -0.2) is 89.4 Å². The molecule has 422 valence electrons. The number of aryl methyl sites for hydroxylation is 1. The van der Waals surface area contributed by atoms with E-state index in [9.17, 15) is 19.5 Å². The summed E-state index contributed by atoms with van der Waals surface area (Å²) in [6, 6.07) is 15.9. The smallest absolute Gasteiger partial charge is 0.340 e. The van der Waals surface area contributed by atoms with Gasteiger partial charge in [-0.3, -0.25) is 9.59 Å². The molecule has 2 aliphatic heterocycles. The molecule has 12 nitrogen and oxygen atoms in total. The fraction of sp³-hybridized carbons (Fsp3) is 0.641. The van der Waals surface area contributed by atoms with Crippen LogP contribution in [0.25, 0.3) is 10.9 Å². The first-order valence-electron chi connectivity index (χ1n) is 28.0. The molecule has 1 amide bonds. The first-order chi connectivity index (χ1) is 35.2. The topological polar surface area (TPSA) is 138 Å². The van der Waals surface area contributed by atoms with Gasteiger partial charge in [-0.05, 0) is 111 Å². The number of aliphatic hydroxyl groups is 1. The molecule has 2 aliphatic rings. The lowest BCUT2D eigenvalue weighted by Crippen LogP contribution is -2.53.